The second-order valence-electron chi connectivity index (χ2n) is 6.93. The summed E-state index contributed by atoms with van der Waals surface area (Å²) >= 11 is 0. The van der Waals surface area contributed by atoms with Crippen molar-refractivity contribution in [3.8, 4) is 17.2 Å². The van der Waals surface area contributed by atoms with Crippen molar-refractivity contribution in [3.63, 3.8) is 0 Å². The molecule has 1 amide bonds. The SMILES string of the molecule is COc1ccc2c(ccn2CC(=O)N[C@H]2CCc3cc(OC)c(OC)cc32)c1. The number of hydrogen-bond donors (Lipinski definition) is 1. The first kappa shape index (κ1) is 18.2. The maximum atomic E-state index is 12.7. The number of aryl methyl sites for hydroxylation is 1. The van der Waals surface area contributed by atoms with Crippen LogP contribution in [-0.2, 0) is 17.8 Å². The minimum atomic E-state index is -0.0130. The molecule has 2 aromatic carbocycles. The molecule has 0 saturated heterocycles. The van der Waals surface area contributed by atoms with E-state index in [0.29, 0.717) is 5.75 Å². The molecular weight excluding hydrogens is 356 g/mol. The molecular formula is C22H24N2O4. The van der Waals surface area contributed by atoms with Crippen molar-refractivity contribution < 1.29 is 19.0 Å². The molecule has 1 aliphatic carbocycles. The molecule has 1 heterocycles. The number of ether oxygens (including phenoxy) is 3. The van der Waals surface area contributed by atoms with Gasteiger partial charge in [-0.2, -0.15) is 0 Å². The van der Waals surface area contributed by atoms with E-state index < -0.39 is 0 Å². The number of fused-ring (bicyclic) bond motifs is 2. The Balaban J connectivity index is 1.50. The lowest BCUT2D eigenvalue weighted by Crippen LogP contribution is -2.30. The van der Waals surface area contributed by atoms with Gasteiger partial charge in [-0.3, -0.25) is 4.79 Å². The van der Waals surface area contributed by atoms with E-state index in [4.69, 9.17) is 14.2 Å². The van der Waals surface area contributed by atoms with Gasteiger partial charge in [-0.15, -0.1) is 0 Å². The van der Waals surface area contributed by atoms with Gasteiger partial charge in [0.05, 0.1) is 27.4 Å². The Labute approximate surface area is 164 Å². The molecule has 6 nitrogen and oxygen atoms in total. The van der Waals surface area contributed by atoms with E-state index in [1.54, 1.807) is 21.3 Å². The molecule has 1 aromatic heterocycles. The first-order valence-corrected chi connectivity index (χ1v) is 9.30. The number of carbonyl (C=O) groups excluding carboxylic acids is 1. The van der Waals surface area contributed by atoms with E-state index in [1.165, 1.54) is 5.56 Å². The summed E-state index contributed by atoms with van der Waals surface area (Å²) in [4.78, 5) is 12.7. The number of carbonyl (C=O) groups is 1. The molecule has 1 N–H and O–H groups in total. The number of rotatable bonds is 6. The summed E-state index contributed by atoms with van der Waals surface area (Å²) in [6.07, 6.45) is 3.72. The molecule has 0 spiro atoms. The molecule has 0 bridgehead atoms. The van der Waals surface area contributed by atoms with Crippen LogP contribution in [-0.4, -0.2) is 31.8 Å². The Kier molecular flexibility index (Phi) is 4.86. The molecule has 4 rings (SSSR count). The topological polar surface area (TPSA) is 61.7 Å². The monoisotopic (exact) mass is 380 g/mol. The highest BCUT2D eigenvalue weighted by Crippen LogP contribution is 2.39. The van der Waals surface area contributed by atoms with Gasteiger partial charge in [0.15, 0.2) is 11.5 Å². The summed E-state index contributed by atoms with van der Waals surface area (Å²) in [6, 6.07) is 11.8. The zero-order chi connectivity index (χ0) is 19.7. The standard InChI is InChI=1S/C22H24N2O4/c1-26-16-5-7-19-15(10-16)8-9-24(19)13-22(25)23-18-6-4-14-11-20(27-2)21(28-3)12-17(14)18/h5,7-12,18H,4,6,13H2,1-3H3,(H,23,25)/t18-/m0/s1. The van der Waals surface area contributed by atoms with E-state index >= 15 is 0 Å². The van der Waals surface area contributed by atoms with Crippen LogP contribution in [0.25, 0.3) is 10.9 Å². The zero-order valence-electron chi connectivity index (χ0n) is 16.3. The summed E-state index contributed by atoms with van der Waals surface area (Å²) in [7, 11) is 4.91. The van der Waals surface area contributed by atoms with E-state index in [2.05, 4.69) is 5.32 Å². The van der Waals surface area contributed by atoms with Gasteiger partial charge in [0.1, 0.15) is 12.3 Å². The van der Waals surface area contributed by atoms with Gasteiger partial charge in [0.25, 0.3) is 0 Å². The van der Waals surface area contributed by atoms with Crippen molar-refractivity contribution in [1.82, 2.24) is 9.88 Å². The second-order valence-corrected chi connectivity index (χ2v) is 6.93. The summed E-state index contributed by atoms with van der Waals surface area (Å²) in [5.41, 5.74) is 3.31. The van der Waals surface area contributed by atoms with Crippen LogP contribution in [0.15, 0.2) is 42.6 Å². The van der Waals surface area contributed by atoms with Crippen molar-refractivity contribution in [3.05, 3.63) is 53.7 Å². The Hall–Kier alpha value is -3.15. The highest BCUT2D eigenvalue weighted by Gasteiger charge is 2.26. The highest BCUT2D eigenvalue weighted by molar-refractivity contribution is 5.84. The normalized spacial score (nSPS) is 15.3. The highest BCUT2D eigenvalue weighted by atomic mass is 16.5. The lowest BCUT2D eigenvalue weighted by Gasteiger charge is -2.17. The Morgan fingerprint density at radius 2 is 1.86 bits per heavy atom. The van der Waals surface area contributed by atoms with Gasteiger partial charge in [0.2, 0.25) is 5.91 Å². The van der Waals surface area contributed by atoms with Crippen LogP contribution in [0.4, 0.5) is 0 Å². The fourth-order valence-electron chi connectivity index (χ4n) is 3.92. The molecule has 1 aliphatic rings. The summed E-state index contributed by atoms with van der Waals surface area (Å²) in [5, 5.41) is 4.22. The van der Waals surface area contributed by atoms with Crippen LogP contribution in [0.2, 0.25) is 0 Å². The predicted octanol–water partition coefficient (Wildman–Crippen LogP) is 3.47. The summed E-state index contributed by atoms with van der Waals surface area (Å²) in [5.74, 6) is 2.21. The third kappa shape index (κ3) is 3.26. The third-order valence-electron chi connectivity index (χ3n) is 5.35. The smallest absolute Gasteiger partial charge is 0.240 e. The van der Waals surface area contributed by atoms with Gasteiger partial charge in [-0.05, 0) is 60.4 Å². The number of methoxy groups -OCH3 is 3. The van der Waals surface area contributed by atoms with Crippen LogP contribution in [0.3, 0.4) is 0 Å². The number of nitrogens with zero attached hydrogens (tertiary/aromatic N) is 1. The fraction of sp³-hybridized carbons (Fsp3) is 0.318. The van der Waals surface area contributed by atoms with Crippen LogP contribution >= 0.6 is 0 Å². The average molecular weight is 380 g/mol. The van der Waals surface area contributed by atoms with Gasteiger partial charge in [-0.25, -0.2) is 0 Å². The van der Waals surface area contributed by atoms with Gasteiger partial charge in [-0.1, -0.05) is 0 Å². The lowest BCUT2D eigenvalue weighted by molar-refractivity contribution is -0.122. The van der Waals surface area contributed by atoms with Crippen molar-refractivity contribution in [1.29, 1.82) is 0 Å². The number of amides is 1. The second kappa shape index (κ2) is 7.46. The van der Waals surface area contributed by atoms with Crippen molar-refractivity contribution in [2.75, 3.05) is 21.3 Å². The molecule has 0 saturated carbocycles. The van der Waals surface area contributed by atoms with Crippen LogP contribution in [0.1, 0.15) is 23.6 Å². The minimum Gasteiger partial charge on any atom is -0.497 e. The van der Waals surface area contributed by atoms with Crippen molar-refractivity contribution in [2.45, 2.75) is 25.4 Å². The van der Waals surface area contributed by atoms with Gasteiger partial charge < -0.3 is 24.1 Å². The summed E-state index contributed by atoms with van der Waals surface area (Å²) < 4.78 is 18.0. The molecule has 0 fully saturated rings. The minimum absolute atomic E-state index is 0.00998. The van der Waals surface area contributed by atoms with Gasteiger partial charge in [0, 0.05) is 17.1 Å². The third-order valence-corrected chi connectivity index (χ3v) is 5.35. The van der Waals surface area contributed by atoms with Crippen molar-refractivity contribution >= 4 is 16.8 Å². The molecule has 28 heavy (non-hydrogen) atoms. The Morgan fingerprint density at radius 1 is 1.07 bits per heavy atom. The molecule has 3 aromatic rings. The number of hydrogen-bond acceptors (Lipinski definition) is 4. The maximum absolute atomic E-state index is 12.7. The van der Waals surface area contributed by atoms with Crippen molar-refractivity contribution in [2.24, 2.45) is 0 Å². The average Bonchev–Trinajstić information content (AvgIpc) is 3.30. The number of benzene rings is 2. The Morgan fingerprint density at radius 3 is 2.61 bits per heavy atom. The molecule has 6 heteroatoms. The lowest BCUT2D eigenvalue weighted by atomic mass is 10.1. The fourth-order valence-corrected chi connectivity index (χ4v) is 3.92. The quantitative estimate of drug-likeness (QED) is 0.711. The van der Waals surface area contributed by atoms with Gasteiger partial charge >= 0.3 is 0 Å². The molecule has 0 radical (unpaired) electrons. The van der Waals surface area contributed by atoms with Crippen LogP contribution in [0.5, 0.6) is 17.2 Å². The molecule has 0 unspecified atom stereocenters. The summed E-state index contributed by atoms with van der Waals surface area (Å²) in [6.45, 7) is 0.273. The molecule has 1 atom stereocenters. The predicted molar refractivity (Wildman–Crippen MR) is 107 cm³/mol. The van der Waals surface area contributed by atoms with E-state index in [1.807, 2.05) is 47.2 Å². The largest absolute Gasteiger partial charge is 0.497 e. The van der Waals surface area contributed by atoms with E-state index in [-0.39, 0.29) is 18.5 Å². The van der Waals surface area contributed by atoms with E-state index in [0.717, 1.165) is 40.8 Å². The molecule has 146 valence electrons. The van der Waals surface area contributed by atoms with E-state index in [9.17, 15) is 4.79 Å². The molecule has 0 aliphatic heterocycles. The zero-order valence-corrected chi connectivity index (χ0v) is 16.3. The first-order chi connectivity index (χ1) is 13.6. The van der Waals surface area contributed by atoms with Crippen LogP contribution in [0, 0.1) is 0 Å². The first-order valence-electron chi connectivity index (χ1n) is 9.30. The van der Waals surface area contributed by atoms with Crippen LogP contribution < -0.4 is 19.5 Å². The maximum Gasteiger partial charge on any atom is 0.240 e. The Bertz CT molecular complexity index is 1020. The number of aromatic nitrogens is 1. The number of nitrogens with one attached hydrogen (secondary N) is 1.